The molecule has 0 radical (unpaired) electrons. The largest absolute Gasteiger partial charge is 0.510 e. The van der Waals surface area contributed by atoms with Crippen molar-refractivity contribution in [3.63, 3.8) is 0 Å². The Bertz CT molecular complexity index is 706. The van der Waals surface area contributed by atoms with Gasteiger partial charge in [-0.05, 0) is 97.7 Å². The predicted octanol–water partition coefficient (Wildman–Crippen LogP) is 9.15. The molecule has 0 aromatic heterocycles. The van der Waals surface area contributed by atoms with Crippen LogP contribution in [0.25, 0.3) is 0 Å². The Kier molecular flexibility index (Phi) is 7.80. The Morgan fingerprint density at radius 1 is 1.06 bits per heavy atom. The fourth-order valence-electron chi connectivity index (χ4n) is 8.92. The standard InChI is InChI=1S/C27H46FOPS2/c1-18(2)7-6-8-19(3)23-11-12-24-22-10-9-20-17-21(29-30(28,31)32)13-15-26(20,4)25(22)14-16-27(23,24)5/h9,18-19,21-25H,6-8,10-17H2,1-5H3,(H,31,32)/p-1/t19-,21+,22+,23-,24+,25+,26+,27-/m1/s1. The summed E-state index contributed by atoms with van der Waals surface area (Å²) in [6, 6.07) is 0. The molecule has 0 heterocycles. The maximum absolute atomic E-state index is 13.9. The van der Waals surface area contributed by atoms with Crippen molar-refractivity contribution in [1.82, 2.24) is 0 Å². The van der Waals surface area contributed by atoms with Gasteiger partial charge in [0.15, 0.2) is 0 Å². The van der Waals surface area contributed by atoms with Crippen molar-refractivity contribution in [3.05, 3.63) is 11.6 Å². The molecule has 0 unspecified atom stereocenters. The van der Waals surface area contributed by atoms with Crippen LogP contribution in [0.4, 0.5) is 4.20 Å². The number of hydrogen-bond donors (Lipinski definition) is 0. The van der Waals surface area contributed by atoms with Gasteiger partial charge in [-0.15, -0.1) is 0 Å². The van der Waals surface area contributed by atoms with Crippen molar-refractivity contribution < 1.29 is 8.72 Å². The molecular weight excluding hydrogens is 454 g/mol. The monoisotopic (exact) mass is 499 g/mol. The van der Waals surface area contributed by atoms with Gasteiger partial charge in [-0.1, -0.05) is 69.7 Å². The minimum atomic E-state index is -3.50. The van der Waals surface area contributed by atoms with E-state index in [1.807, 2.05) is 0 Å². The predicted molar refractivity (Wildman–Crippen MR) is 141 cm³/mol. The van der Waals surface area contributed by atoms with Gasteiger partial charge in [-0.25, -0.2) is 4.52 Å². The first-order chi connectivity index (χ1) is 14.9. The second kappa shape index (κ2) is 9.67. The zero-order valence-electron chi connectivity index (χ0n) is 20.9. The third kappa shape index (κ3) is 5.01. The highest BCUT2D eigenvalue weighted by Crippen LogP contribution is 2.68. The maximum atomic E-state index is 13.9. The Labute approximate surface area is 208 Å². The van der Waals surface area contributed by atoms with Crippen LogP contribution in [0.5, 0.6) is 0 Å². The van der Waals surface area contributed by atoms with Crippen molar-refractivity contribution in [2.75, 3.05) is 0 Å². The summed E-state index contributed by atoms with van der Waals surface area (Å²) in [6.07, 6.45) is 12.8. The van der Waals surface area contributed by atoms with Gasteiger partial charge in [-0.3, -0.25) is 0 Å². The van der Waals surface area contributed by atoms with Gasteiger partial charge in [-0.2, -0.15) is 0 Å². The van der Waals surface area contributed by atoms with Gasteiger partial charge < -0.3 is 24.5 Å². The van der Waals surface area contributed by atoms with Crippen LogP contribution < -0.4 is 0 Å². The zero-order chi connectivity index (χ0) is 23.3. The number of halogens is 1. The molecule has 0 N–H and O–H groups in total. The Morgan fingerprint density at radius 3 is 2.50 bits per heavy atom. The molecule has 32 heavy (non-hydrogen) atoms. The van der Waals surface area contributed by atoms with Crippen LogP contribution in [0.2, 0.25) is 0 Å². The molecule has 0 bridgehead atoms. The van der Waals surface area contributed by atoms with E-state index in [0.29, 0.717) is 5.41 Å². The summed E-state index contributed by atoms with van der Waals surface area (Å²) < 4.78 is 19.4. The van der Waals surface area contributed by atoms with E-state index in [2.05, 4.69) is 40.7 Å². The molecule has 5 heteroatoms. The Balaban J connectivity index is 1.46. The van der Waals surface area contributed by atoms with Crippen molar-refractivity contribution in [2.24, 2.45) is 46.3 Å². The molecule has 0 aromatic rings. The molecule has 0 spiro atoms. The summed E-state index contributed by atoms with van der Waals surface area (Å²) in [4.78, 5) is 0. The minimum Gasteiger partial charge on any atom is -0.510 e. The molecule has 3 saturated carbocycles. The normalized spacial score (nSPS) is 42.8. The minimum absolute atomic E-state index is 0.101. The summed E-state index contributed by atoms with van der Waals surface area (Å²) >= 11 is 9.57. The van der Waals surface area contributed by atoms with Crippen LogP contribution in [-0.4, -0.2) is 6.10 Å². The fraction of sp³-hybridized carbons (Fsp3) is 0.926. The van der Waals surface area contributed by atoms with Crippen molar-refractivity contribution in [3.8, 4) is 0 Å². The SMILES string of the molecule is CC(C)CCC[C@@H](C)[C@H]1CC[C@H]2[C@@H]3CC=C4C[C@@H](O[P+](F)([S-])[S-])CC[C@]4(C)[C@H]3CC[C@]12C. The van der Waals surface area contributed by atoms with Crippen LogP contribution in [0.1, 0.15) is 105 Å². The summed E-state index contributed by atoms with van der Waals surface area (Å²) in [6.45, 7) is 12.4. The smallest absolute Gasteiger partial charge is 0.104 e. The summed E-state index contributed by atoms with van der Waals surface area (Å²) in [5, 5.41) is 0. The van der Waals surface area contributed by atoms with E-state index in [-0.39, 0.29) is 11.5 Å². The molecule has 1 nitrogen and oxygen atoms in total. The number of hydrogen-bond acceptors (Lipinski definition) is 3. The fourth-order valence-corrected chi connectivity index (χ4v) is 10.2. The van der Waals surface area contributed by atoms with E-state index in [0.717, 1.165) is 54.8 Å². The number of allylic oxidation sites excluding steroid dienone is 1. The highest BCUT2D eigenvalue weighted by Gasteiger charge is 2.59. The quantitative estimate of drug-likeness (QED) is 0.196. The molecule has 4 aliphatic rings. The van der Waals surface area contributed by atoms with Gasteiger partial charge in [0.25, 0.3) is 0 Å². The highest BCUT2D eigenvalue weighted by atomic mass is 33.1. The molecule has 4 aliphatic carbocycles. The second-order valence-corrected chi connectivity index (χ2v) is 17.3. The van der Waals surface area contributed by atoms with E-state index in [9.17, 15) is 4.20 Å². The van der Waals surface area contributed by atoms with Crippen LogP contribution in [0.3, 0.4) is 0 Å². The molecule has 0 aromatic carbocycles. The molecule has 184 valence electrons. The lowest BCUT2D eigenvalue weighted by molar-refractivity contribution is -0.0556. The van der Waals surface area contributed by atoms with Crippen molar-refractivity contribution in [1.29, 1.82) is 0 Å². The average molecular weight is 500 g/mol. The van der Waals surface area contributed by atoms with Crippen molar-refractivity contribution in [2.45, 2.75) is 111 Å². The third-order valence-corrected chi connectivity index (χ3v) is 11.6. The van der Waals surface area contributed by atoms with Crippen LogP contribution >= 0.6 is 6.20 Å². The van der Waals surface area contributed by atoms with Gasteiger partial charge in [0.2, 0.25) is 0 Å². The Hall–Kier alpha value is 0.760. The van der Waals surface area contributed by atoms with E-state index in [1.54, 1.807) is 0 Å². The van der Waals surface area contributed by atoms with Crippen molar-refractivity contribution >= 4 is 30.7 Å². The molecule has 0 saturated heterocycles. The molecule has 4 rings (SSSR count). The zero-order valence-corrected chi connectivity index (χ0v) is 23.5. The van der Waals surface area contributed by atoms with E-state index >= 15 is 0 Å². The summed E-state index contributed by atoms with van der Waals surface area (Å²) in [5.74, 6) is 5.09. The number of rotatable bonds is 7. The van der Waals surface area contributed by atoms with E-state index in [4.69, 9.17) is 29.0 Å². The van der Waals surface area contributed by atoms with Crippen LogP contribution in [0, 0.1) is 46.3 Å². The first kappa shape index (κ1) is 25.8. The van der Waals surface area contributed by atoms with Gasteiger partial charge in [0.05, 0.1) is 6.20 Å². The first-order valence-electron chi connectivity index (χ1n) is 13.3. The molecule has 0 amide bonds. The topological polar surface area (TPSA) is 9.23 Å². The maximum Gasteiger partial charge on any atom is 0.104 e. The lowest BCUT2D eigenvalue weighted by Gasteiger charge is -2.58. The second-order valence-electron chi connectivity index (χ2n) is 12.7. The van der Waals surface area contributed by atoms with E-state index in [1.165, 1.54) is 56.9 Å². The third-order valence-electron chi connectivity index (χ3n) is 10.5. The molecule has 8 atom stereocenters. The van der Waals surface area contributed by atoms with Crippen LogP contribution in [0.15, 0.2) is 11.6 Å². The Morgan fingerprint density at radius 2 is 1.81 bits per heavy atom. The lowest BCUT2D eigenvalue weighted by Crippen LogP contribution is -2.51. The molecule has 3 fully saturated rings. The molecular formula is C27H45FOPS2-. The van der Waals surface area contributed by atoms with Gasteiger partial charge in [0.1, 0.15) is 6.10 Å². The highest BCUT2D eigenvalue weighted by molar-refractivity contribution is 8.69. The average Bonchev–Trinajstić information content (AvgIpc) is 3.04. The number of fused-ring (bicyclic) bond motifs is 5. The van der Waals surface area contributed by atoms with Gasteiger partial charge in [0, 0.05) is 0 Å². The molecule has 0 aliphatic heterocycles. The summed E-state index contributed by atoms with van der Waals surface area (Å²) in [5.41, 5.74) is 2.32. The lowest BCUT2D eigenvalue weighted by atomic mass is 9.47. The first-order valence-corrected chi connectivity index (χ1v) is 16.9. The van der Waals surface area contributed by atoms with Gasteiger partial charge >= 0.3 is 0 Å². The van der Waals surface area contributed by atoms with Crippen LogP contribution in [-0.2, 0) is 29.0 Å². The van der Waals surface area contributed by atoms with E-state index < -0.39 is 6.20 Å². The summed E-state index contributed by atoms with van der Waals surface area (Å²) in [7, 11) is 0.